The Morgan fingerprint density at radius 3 is 1.89 bits per heavy atom. The lowest BCUT2D eigenvalue weighted by Gasteiger charge is -2.29. The van der Waals surface area contributed by atoms with Gasteiger partial charge in [-0.2, -0.15) is 0 Å². The molecular formula is C17H22N+. The van der Waals surface area contributed by atoms with E-state index in [1.165, 1.54) is 16.8 Å². The van der Waals surface area contributed by atoms with Crippen LogP contribution in [0.4, 0.5) is 5.69 Å². The maximum absolute atomic E-state index is 2.25. The third kappa shape index (κ3) is 2.99. The van der Waals surface area contributed by atoms with Gasteiger partial charge in [0, 0.05) is 5.56 Å². The Bertz CT molecular complexity index is 483. The molecule has 2 rings (SSSR count). The molecule has 1 heteroatoms. The first-order valence-corrected chi connectivity index (χ1v) is 6.58. The molecule has 0 spiro atoms. The summed E-state index contributed by atoms with van der Waals surface area (Å²) in [4.78, 5) is 0. The first kappa shape index (κ1) is 12.8. The van der Waals surface area contributed by atoms with Crippen molar-refractivity contribution in [1.29, 1.82) is 0 Å². The van der Waals surface area contributed by atoms with Gasteiger partial charge in [0.2, 0.25) is 0 Å². The van der Waals surface area contributed by atoms with Crippen molar-refractivity contribution in [2.75, 3.05) is 14.1 Å². The predicted molar refractivity (Wildman–Crippen MR) is 79.6 cm³/mol. The van der Waals surface area contributed by atoms with Crippen LogP contribution in [0.3, 0.4) is 0 Å². The topological polar surface area (TPSA) is 0 Å². The van der Waals surface area contributed by atoms with E-state index < -0.39 is 0 Å². The average Bonchev–Trinajstić information content (AvgIpc) is 2.40. The van der Waals surface area contributed by atoms with Crippen molar-refractivity contribution in [3.05, 3.63) is 65.7 Å². The van der Waals surface area contributed by atoms with Crippen LogP contribution in [-0.4, -0.2) is 14.1 Å². The van der Waals surface area contributed by atoms with Crippen LogP contribution in [0.2, 0.25) is 0 Å². The van der Waals surface area contributed by atoms with Gasteiger partial charge < -0.3 is 0 Å². The van der Waals surface area contributed by atoms with Crippen molar-refractivity contribution in [2.24, 2.45) is 0 Å². The highest BCUT2D eigenvalue weighted by Crippen LogP contribution is 2.21. The van der Waals surface area contributed by atoms with E-state index >= 15 is 0 Å². The summed E-state index contributed by atoms with van der Waals surface area (Å²) in [7, 11) is 4.51. The lowest BCUT2D eigenvalue weighted by atomic mass is 10.1. The number of aryl methyl sites for hydroxylation is 1. The highest BCUT2D eigenvalue weighted by atomic mass is 15.3. The fourth-order valence-corrected chi connectivity index (χ4v) is 2.26. The smallest absolute Gasteiger partial charge is 0.132 e. The largest absolute Gasteiger partial charge is 0.292 e. The van der Waals surface area contributed by atoms with Gasteiger partial charge in [0.1, 0.15) is 12.2 Å². The minimum Gasteiger partial charge on any atom is -0.292 e. The SMILES string of the molecule is CCc1ccc(C[N+](C)(C)c2ccccc2)cc1. The number of quaternary nitrogens is 1. The Balaban J connectivity index is 2.16. The predicted octanol–water partition coefficient (Wildman–Crippen LogP) is 4.02. The van der Waals surface area contributed by atoms with E-state index in [1.54, 1.807) is 0 Å². The highest BCUT2D eigenvalue weighted by Gasteiger charge is 2.18. The molecule has 0 fully saturated rings. The van der Waals surface area contributed by atoms with Gasteiger partial charge in [-0.25, -0.2) is 0 Å². The van der Waals surface area contributed by atoms with Crippen LogP contribution in [0.15, 0.2) is 54.6 Å². The molecule has 0 amide bonds. The number of nitrogens with zero attached hydrogens (tertiary/aromatic N) is 1. The number of para-hydroxylation sites is 1. The third-order valence-corrected chi connectivity index (χ3v) is 3.46. The maximum atomic E-state index is 2.25. The van der Waals surface area contributed by atoms with Gasteiger partial charge in [-0.1, -0.05) is 49.4 Å². The summed E-state index contributed by atoms with van der Waals surface area (Å²) in [5.41, 5.74) is 4.14. The molecule has 0 radical (unpaired) electrons. The van der Waals surface area contributed by atoms with E-state index in [4.69, 9.17) is 0 Å². The molecule has 2 aromatic carbocycles. The van der Waals surface area contributed by atoms with Crippen molar-refractivity contribution in [3.8, 4) is 0 Å². The van der Waals surface area contributed by atoms with E-state index in [-0.39, 0.29) is 0 Å². The van der Waals surface area contributed by atoms with Crippen LogP contribution >= 0.6 is 0 Å². The molecular weight excluding hydrogens is 218 g/mol. The molecule has 0 N–H and O–H groups in total. The van der Waals surface area contributed by atoms with Crippen LogP contribution in [0.1, 0.15) is 18.1 Å². The zero-order chi connectivity index (χ0) is 13.0. The van der Waals surface area contributed by atoms with Crippen LogP contribution in [-0.2, 0) is 13.0 Å². The van der Waals surface area contributed by atoms with Gasteiger partial charge in [0.05, 0.1) is 14.1 Å². The van der Waals surface area contributed by atoms with Gasteiger partial charge in [0.15, 0.2) is 0 Å². The fraction of sp³-hybridized carbons (Fsp3) is 0.294. The summed E-state index contributed by atoms with van der Waals surface area (Å²) >= 11 is 0. The molecule has 0 aromatic heterocycles. The van der Waals surface area contributed by atoms with Crippen LogP contribution in [0.5, 0.6) is 0 Å². The molecule has 94 valence electrons. The van der Waals surface area contributed by atoms with Crippen LogP contribution < -0.4 is 4.48 Å². The van der Waals surface area contributed by atoms with E-state index in [1.807, 2.05) is 0 Å². The summed E-state index contributed by atoms with van der Waals surface area (Å²) in [6, 6.07) is 19.6. The Kier molecular flexibility index (Phi) is 3.83. The summed E-state index contributed by atoms with van der Waals surface area (Å²) < 4.78 is 0.881. The number of rotatable bonds is 4. The number of hydrogen-bond donors (Lipinski definition) is 0. The van der Waals surface area contributed by atoms with Crippen molar-refractivity contribution in [3.63, 3.8) is 0 Å². The van der Waals surface area contributed by atoms with Gasteiger partial charge in [0.25, 0.3) is 0 Å². The second-order valence-corrected chi connectivity index (χ2v) is 5.35. The van der Waals surface area contributed by atoms with Gasteiger partial charge in [-0.3, -0.25) is 4.48 Å². The zero-order valence-corrected chi connectivity index (χ0v) is 11.6. The zero-order valence-electron chi connectivity index (χ0n) is 11.6. The molecule has 0 aliphatic rings. The molecule has 0 aliphatic carbocycles. The molecule has 0 saturated carbocycles. The second kappa shape index (κ2) is 5.36. The summed E-state index contributed by atoms with van der Waals surface area (Å²) in [6.07, 6.45) is 1.11. The Labute approximate surface area is 110 Å². The fourth-order valence-electron chi connectivity index (χ4n) is 2.26. The van der Waals surface area contributed by atoms with Gasteiger partial charge in [-0.15, -0.1) is 0 Å². The van der Waals surface area contributed by atoms with E-state index in [2.05, 4.69) is 75.6 Å². The molecule has 1 nitrogen and oxygen atoms in total. The van der Waals surface area contributed by atoms with Crippen LogP contribution in [0, 0.1) is 0 Å². The second-order valence-electron chi connectivity index (χ2n) is 5.35. The first-order chi connectivity index (χ1) is 8.62. The maximum Gasteiger partial charge on any atom is 0.132 e. The van der Waals surface area contributed by atoms with Crippen molar-refractivity contribution < 1.29 is 0 Å². The minimum atomic E-state index is 0.881. The summed E-state index contributed by atoms with van der Waals surface area (Å²) in [5.74, 6) is 0. The normalized spacial score (nSPS) is 11.5. The molecule has 0 bridgehead atoms. The van der Waals surface area contributed by atoms with Gasteiger partial charge >= 0.3 is 0 Å². The average molecular weight is 240 g/mol. The quantitative estimate of drug-likeness (QED) is 0.708. The molecule has 0 saturated heterocycles. The van der Waals surface area contributed by atoms with E-state index in [0.717, 1.165) is 17.4 Å². The van der Waals surface area contributed by atoms with Crippen LogP contribution in [0.25, 0.3) is 0 Å². The lowest BCUT2D eigenvalue weighted by molar-refractivity contribution is 0.392. The van der Waals surface area contributed by atoms with Gasteiger partial charge in [-0.05, 0) is 24.1 Å². The molecule has 0 unspecified atom stereocenters. The Morgan fingerprint density at radius 2 is 1.33 bits per heavy atom. The summed E-state index contributed by atoms with van der Waals surface area (Å²) in [6.45, 7) is 3.22. The van der Waals surface area contributed by atoms with Crippen molar-refractivity contribution >= 4 is 5.69 Å². The van der Waals surface area contributed by atoms with Crippen molar-refractivity contribution in [1.82, 2.24) is 4.48 Å². The third-order valence-electron chi connectivity index (χ3n) is 3.46. The number of benzene rings is 2. The molecule has 0 atom stereocenters. The minimum absolute atomic E-state index is 0.881. The Hall–Kier alpha value is -1.60. The Morgan fingerprint density at radius 1 is 0.778 bits per heavy atom. The first-order valence-electron chi connectivity index (χ1n) is 6.58. The molecule has 0 aliphatic heterocycles. The standard InChI is InChI=1S/C17H22N/c1-4-15-10-12-16(13-11-15)14-18(2,3)17-8-6-5-7-9-17/h5-13H,4,14H2,1-3H3/q+1. The monoisotopic (exact) mass is 240 g/mol. The highest BCUT2D eigenvalue weighted by molar-refractivity contribution is 5.42. The lowest BCUT2D eigenvalue weighted by Crippen LogP contribution is -2.39. The van der Waals surface area contributed by atoms with E-state index in [0.29, 0.717) is 0 Å². The van der Waals surface area contributed by atoms with Crippen molar-refractivity contribution in [2.45, 2.75) is 19.9 Å². The molecule has 2 aromatic rings. The molecule has 0 heterocycles. The number of hydrogen-bond acceptors (Lipinski definition) is 0. The molecule has 18 heavy (non-hydrogen) atoms. The van der Waals surface area contributed by atoms with E-state index in [9.17, 15) is 0 Å². The summed E-state index contributed by atoms with van der Waals surface area (Å²) in [5, 5.41) is 0.